The number of thiophene rings is 1. The predicted molar refractivity (Wildman–Crippen MR) is 69.5 cm³/mol. The summed E-state index contributed by atoms with van der Waals surface area (Å²) in [5.41, 5.74) is 4.25. The van der Waals surface area contributed by atoms with Gasteiger partial charge in [-0.15, -0.1) is 0 Å². The van der Waals surface area contributed by atoms with Crippen molar-refractivity contribution >= 4 is 22.9 Å². The number of nitrogens with one attached hydrogen (secondary N) is 1. The molecule has 0 fully saturated rings. The SMILES string of the molecule is NNC(Cc1ccsc1)c1cc(Cl)ccc1F. The van der Waals surface area contributed by atoms with Gasteiger partial charge in [0.2, 0.25) is 0 Å². The lowest BCUT2D eigenvalue weighted by Gasteiger charge is -2.16. The third-order valence-electron chi connectivity index (χ3n) is 2.55. The fraction of sp³-hybridized carbons (Fsp3) is 0.167. The summed E-state index contributed by atoms with van der Waals surface area (Å²) >= 11 is 7.47. The Morgan fingerprint density at radius 1 is 1.41 bits per heavy atom. The fourth-order valence-electron chi connectivity index (χ4n) is 1.68. The van der Waals surface area contributed by atoms with Gasteiger partial charge in [0.15, 0.2) is 0 Å². The van der Waals surface area contributed by atoms with E-state index < -0.39 is 0 Å². The van der Waals surface area contributed by atoms with Crippen LogP contribution in [0.15, 0.2) is 35.0 Å². The minimum absolute atomic E-state index is 0.275. The summed E-state index contributed by atoms with van der Waals surface area (Å²) in [6, 6.07) is 6.21. The maximum absolute atomic E-state index is 13.7. The summed E-state index contributed by atoms with van der Waals surface area (Å²) in [7, 11) is 0. The lowest BCUT2D eigenvalue weighted by molar-refractivity contribution is 0.511. The molecule has 2 aromatic rings. The van der Waals surface area contributed by atoms with Crippen LogP contribution >= 0.6 is 22.9 Å². The van der Waals surface area contributed by atoms with E-state index >= 15 is 0 Å². The van der Waals surface area contributed by atoms with E-state index in [1.807, 2.05) is 16.8 Å². The van der Waals surface area contributed by atoms with Crippen molar-refractivity contribution in [1.29, 1.82) is 0 Å². The quantitative estimate of drug-likeness (QED) is 0.661. The number of halogens is 2. The fourth-order valence-corrected chi connectivity index (χ4v) is 2.55. The molecule has 17 heavy (non-hydrogen) atoms. The van der Waals surface area contributed by atoms with E-state index in [1.54, 1.807) is 17.4 Å². The molecule has 1 aromatic heterocycles. The van der Waals surface area contributed by atoms with E-state index in [0.717, 1.165) is 5.56 Å². The zero-order valence-corrected chi connectivity index (χ0v) is 10.6. The van der Waals surface area contributed by atoms with Crippen molar-refractivity contribution in [2.45, 2.75) is 12.5 Å². The molecule has 0 aliphatic heterocycles. The zero-order chi connectivity index (χ0) is 12.3. The minimum Gasteiger partial charge on any atom is -0.271 e. The number of hydrogen-bond acceptors (Lipinski definition) is 3. The van der Waals surface area contributed by atoms with Crippen LogP contribution in [-0.2, 0) is 6.42 Å². The second kappa shape index (κ2) is 5.60. The third kappa shape index (κ3) is 3.04. The molecular formula is C12H12ClFN2S. The topological polar surface area (TPSA) is 38.0 Å². The van der Waals surface area contributed by atoms with Gasteiger partial charge in [-0.25, -0.2) is 4.39 Å². The van der Waals surface area contributed by atoms with Crippen LogP contribution in [0.1, 0.15) is 17.2 Å². The smallest absolute Gasteiger partial charge is 0.128 e. The van der Waals surface area contributed by atoms with E-state index in [4.69, 9.17) is 17.4 Å². The Morgan fingerprint density at radius 2 is 2.24 bits per heavy atom. The van der Waals surface area contributed by atoms with Crippen molar-refractivity contribution in [3.8, 4) is 0 Å². The van der Waals surface area contributed by atoms with Crippen LogP contribution in [0.5, 0.6) is 0 Å². The van der Waals surface area contributed by atoms with Gasteiger partial charge >= 0.3 is 0 Å². The molecular weight excluding hydrogens is 259 g/mol. The van der Waals surface area contributed by atoms with Crippen molar-refractivity contribution < 1.29 is 4.39 Å². The zero-order valence-electron chi connectivity index (χ0n) is 8.99. The van der Waals surface area contributed by atoms with Crippen molar-refractivity contribution in [2.75, 3.05) is 0 Å². The summed E-state index contributed by atoms with van der Waals surface area (Å²) in [4.78, 5) is 0. The Bertz CT molecular complexity index is 487. The van der Waals surface area contributed by atoms with Gasteiger partial charge in [0, 0.05) is 10.6 Å². The van der Waals surface area contributed by atoms with Crippen molar-refractivity contribution in [3.63, 3.8) is 0 Å². The molecule has 0 aliphatic rings. The van der Waals surface area contributed by atoms with Crippen LogP contribution in [0.3, 0.4) is 0 Å². The number of rotatable bonds is 4. The van der Waals surface area contributed by atoms with Gasteiger partial charge in [-0.3, -0.25) is 11.3 Å². The molecule has 0 saturated carbocycles. The molecule has 0 spiro atoms. The van der Waals surface area contributed by atoms with Gasteiger partial charge in [-0.2, -0.15) is 11.3 Å². The first-order chi connectivity index (χ1) is 8.20. The molecule has 0 radical (unpaired) electrons. The number of hydrogen-bond donors (Lipinski definition) is 2. The van der Waals surface area contributed by atoms with E-state index in [1.165, 1.54) is 12.1 Å². The van der Waals surface area contributed by atoms with Crippen LogP contribution in [0, 0.1) is 5.82 Å². The van der Waals surface area contributed by atoms with E-state index in [0.29, 0.717) is 17.0 Å². The predicted octanol–water partition coefficient (Wildman–Crippen LogP) is 3.29. The van der Waals surface area contributed by atoms with E-state index in [-0.39, 0.29) is 11.9 Å². The van der Waals surface area contributed by atoms with Gasteiger partial charge in [-0.05, 0) is 47.0 Å². The summed E-state index contributed by atoms with van der Waals surface area (Å²) in [5, 5.41) is 4.51. The standard InChI is InChI=1S/C12H12ClFN2S/c13-9-1-2-11(14)10(6-9)12(16-15)5-8-3-4-17-7-8/h1-4,6-7,12,16H,5,15H2. The normalized spacial score (nSPS) is 12.6. The van der Waals surface area contributed by atoms with Gasteiger partial charge in [0.1, 0.15) is 5.82 Å². The average molecular weight is 271 g/mol. The first-order valence-corrected chi connectivity index (χ1v) is 6.45. The summed E-state index contributed by atoms with van der Waals surface area (Å²) in [6.07, 6.45) is 0.636. The van der Waals surface area contributed by atoms with E-state index in [2.05, 4.69) is 5.43 Å². The van der Waals surface area contributed by atoms with Crippen molar-refractivity contribution in [2.24, 2.45) is 5.84 Å². The highest BCUT2D eigenvalue weighted by Crippen LogP contribution is 2.24. The molecule has 1 aromatic carbocycles. The van der Waals surface area contributed by atoms with Crippen LogP contribution < -0.4 is 11.3 Å². The highest BCUT2D eigenvalue weighted by molar-refractivity contribution is 7.07. The molecule has 2 rings (SSSR count). The highest BCUT2D eigenvalue weighted by atomic mass is 35.5. The van der Waals surface area contributed by atoms with Gasteiger partial charge in [0.25, 0.3) is 0 Å². The summed E-state index contributed by atoms with van der Waals surface area (Å²) in [5.74, 6) is 5.19. The van der Waals surface area contributed by atoms with E-state index in [9.17, 15) is 4.39 Å². The maximum atomic E-state index is 13.7. The molecule has 0 aliphatic carbocycles. The van der Waals surface area contributed by atoms with Crippen LogP contribution in [0.25, 0.3) is 0 Å². The molecule has 3 N–H and O–H groups in total. The first kappa shape index (κ1) is 12.5. The second-order valence-corrected chi connectivity index (χ2v) is 4.94. The Hall–Kier alpha value is -0.940. The molecule has 0 bridgehead atoms. The first-order valence-electron chi connectivity index (χ1n) is 5.13. The number of benzene rings is 1. The molecule has 5 heteroatoms. The Morgan fingerprint density at radius 3 is 2.88 bits per heavy atom. The molecule has 0 amide bonds. The Labute approximate surface area is 108 Å². The lowest BCUT2D eigenvalue weighted by atomic mass is 10.0. The number of nitrogens with two attached hydrogens (primary N) is 1. The Kier molecular flexibility index (Phi) is 4.12. The molecule has 0 saturated heterocycles. The van der Waals surface area contributed by atoms with Crippen molar-refractivity contribution in [1.82, 2.24) is 5.43 Å². The molecule has 1 atom stereocenters. The van der Waals surface area contributed by atoms with Crippen LogP contribution in [0.4, 0.5) is 4.39 Å². The second-order valence-electron chi connectivity index (χ2n) is 3.72. The molecule has 1 heterocycles. The third-order valence-corrected chi connectivity index (χ3v) is 3.52. The molecule has 1 unspecified atom stereocenters. The number of hydrazine groups is 1. The van der Waals surface area contributed by atoms with Crippen LogP contribution in [-0.4, -0.2) is 0 Å². The Balaban J connectivity index is 2.25. The highest BCUT2D eigenvalue weighted by Gasteiger charge is 2.15. The largest absolute Gasteiger partial charge is 0.271 e. The van der Waals surface area contributed by atoms with Gasteiger partial charge < -0.3 is 0 Å². The van der Waals surface area contributed by atoms with Crippen LogP contribution in [0.2, 0.25) is 5.02 Å². The minimum atomic E-state index is -0.299. The van der Waals surface area contributed by atoms with Crippen molar-refractivity contribution in [3.05, 3.63) is 57.0 Å². The lowest BCUT2D eigenvalue weighted by Crippen LogP contribution is -2.30. The maximum Gasteiger partial charge on any atom is 0.128 e. The molecule has 90 valence electrons. The average Bonchev–Trinajstić information content (AvgIpc) is 2.82. The monoisotopic (exact) mass is 270 g/mol. The summed E-state index contributed by atoms with van der Waals surface area (Å²) in [6.45, 7) is 0. The van der Waals surface area contributed by atoms with Gasteiger partial charge in [-0.1, -0.05) is 11.6 Å². The molecule has 2 nitrogen and oxygen atoms in total. The van der Waals surface area contributed by atoms with Gasteiger partial charge in [0.05, 0.1) is 6.04 Å². The summed E-state index contributed by atoms with van der Waals surface area (Å²) < 4.78 is 13.7.